The van der Waals surface area contributed by atoms with Crippen molar-refractivity contribution in [3.63, 3.8) is 0 Å². The van der Waals surface area contributed by atoms with Gasteiger partial charge in [0.2, 0.25) is 5.91 Å². The minimum Gasteiger partial charge on any atom is -0.497 e. The second-order valence-electron chi connectivity index (χ2n) is 6.97. The molecular formula is C24H24N2O4. The van der Waals surface area contributed by atoms with Gasteiger partial charge in [-0.2, -0.15) is 0 Å². The molecule has 3 aromatic carbocycles. The highest BCUT2D eigenvalue weighted by molar-refractivity contribution is 5.95. The molecule has 30 heavy (non-hydrogen) atoms. The van der Waals surface area contributed by atoms with Crippen LogP contribution in [-0.2, 0) is 4.79 Å². The minimum absolute atomic E-state index is 0.150. The molecule has 0 aromatic heterocycles. The molecule has 2 N–H and O–H groups in total. The topological polar surface area (TPSA) is 68.8 Å². The predicted octanol–water partition coefficient (Wildman–Crippen LogP) is 3.80. The molecule has 6 nitrogen and oxygen atoms in total. The van der Waals surface area contributed by atoms with Gasteiger partial charge >= 0.3 is 0 Å². The molecular weight excluding hydrogens is 380 g/mol. The quantitative estimate of drug-likeness (QED) is 0.627. The smallest absolute Gasteiger partial charge is 0.246 e. The summed E-state index contributed by atoms with van der Waals surface area (Å²) < 4.78 is 17.0. The fourth-order valence-electron chi connectivity index (χ4n) is 3.31. The minimum atomic E-state index is -0.533. The van der Waals surface area contributed by atoms with Crippen molar-refractivity contribution in [3.05, 3.63) is 84.4 Å². The van der Waals surface area contributed by atoms with E-state index in [-0.39, 0.29) is 12.0 Å². The molecule has 0 bridgehead atoms. The molecule has 6 heteroatoms. The highest BCUT2D eigenvalue weighted by atomic mass is 16.6. The van der Waals surface area contributed by atoms with E-state index in [4.69, 9.17) is 14.2 Å². The number of carbonyl (C=O) groups is 1. The van der Waals surface area contributed by atoms with Gasteiger partial charge in [-0.3, -0.25) is 10.1 Å². The summed E-state index contributed by atoms with van der Waals surface area (Å²) in [6.45, 7) is 0.884. The van der Waals surface area contributed by atoms with Gasteiger partial charge in [-0.1, -0.05) is 42.5 Å². The largest absolute Gasteiger partial charge is 0.497 e. The number of ether oxygens (including phenoxy) is 3. The number of anilines is 1. The average molecular weight is 404 g/mol. The Balaban J connectivity index is 1.44. The van der Waals surface area contributed by atoms with Gasteiger partial charge in [0, 0.05) is 12.2 Å². The molecule has 2 atom stereocenters. The third-order valence-electron chi connectivity index (χ3n) is 4.87. The van der Waals surface area contributed by atoms with Crippen LogP contribution in [0.2, 0.25) is 0 Å². The van der Waals surface area contributed by atoms with E-state index in [2.05, 4.69) is 10.6 Å². The number of hydrogen-bond acceptors (Lipinski definition) is 5. The van der Waals surface area contributed by atoms with Gasteiger partial charge in [-0.05, 0) is 42.0 Å². The van der Waals surface area contributed by atoms with Crippen molar-refractivity contribution in [1.82, 2.24) is 5.32 Å². The Morgan fingerprint density at radius 3 is 2.43 bits per heavy atom. The summed E-state index contributed by atoms with van der Waals surface area (Å²) in [5.74, 6) is 2.05. The van der Waals surface area contributed by atoms with Gasteiger partial charge in [0.15, 0.2) is 11.5 Å². The number of methoxy groups -OCH3 is 1. The molecule has 154 valence electrons. The highest BCUT2D eigenvalue weighted by Gasteiger charge is 2.25. The summed E-state index contributed by atoms with van der Waals surface area (Å²) in [4.78, 5) is 13.1. The van der Waals surface area contributed by atoms with E-state index < -0.39 is 6.04 Å². The van der Waals surface area contributed by atoms with Crippen molar-refractivity contribution in [3.8, 4) is 17.2 Å². The zero-order chi connectivity index (χ0) is 20.8. The van der Waals surface area contributed by atoms with Gasteiger partial charge in [-0.15, -0.1) is 0 Å². The van der Waals surface area contributed by atoms with Gasteiger partial charge in [0.25, 0.3) is 0 Å². The fraction of sp³-hybridized carbons (Fsp3) is 0.208. The molecule has 0 spiro atoms. The van der Waals surface area contributed by atoms with Crippen molar-refractivity contribution in [2.24, 2.45) is 0 Å². The zero-order valence-corrected chi connectivity index (χ0v) is 16.7. The number of amides is 1. The molecule has 0 aliphatic carbocycles. The Hall–Kier alpha value is -3.51. The number of carbonyl (C=O) groups excluding carboxylic acids is 1. The van der Waals surface area contributed by atoms with Gasteiger partial charge in [-0.25, -0.2) is 0 Å². The van der Waals surface area contributed by atoms with Crippen LogP contribution in [0.3, 0.4) is 0 Å². The lowest BCUT2D eigenvalue weighted by Crippen LogP contribution is -2.42. The number of hydrogen-bond donors (Lipinski definition) is 2. The second-order valence-corrected chi connectivity index (χ2v) is 6.97. The first-order valence-electron chi connectivity index (χ1n) is 9.84. The molecule has 0 saturated carbocycles. The first kappa shape index (κ1) is 19.8. The lowest BCUT2D eigenvalue weighted by molar-refractivity contribution is -0.118. The van der Waals surface area contributed by atoms with E-state index in [1.165, 1.54) is 0 Å². The van der Waals surface area contributed by atoms with Crippen LogP contribution in [0.4, 0.5) is 5.69 Å². The Morgan fingerprint density at radius 1 is 1.00 bits per heavy atom. The van der Waals surface area contributed by atoms with E-state index >= 15 is 0 Å². The number of para-hydroxylation sites is 2. The normalized spacial score (nSPS) is 15.8. The number of benzene rings is 3. The number of fused-ring (bicyclic) bond motifs is 1. The van der Waals surface area contributed by atoms with Crippen LogP contribution in [0.15, 0.2) is 78.9 Å². The molecule has 1 amide bonds. The first-order valence-corrected chi connectivity index (χ1v) is 9.84. The maximum atomic E-state index is 13.1. The standard InChI is InChI=1S/C24H24N2O4/c1-28-19-13-11-18(12-14-19)26-24(27)23(17-7-3-2-4-8-17)25-15-20-16-29-21-9-5-6-10-22(21)30-20/h2-14,20,23,25H,15-16H2,1H3,(H,26,27)/t20-,23+/m1/s1. The summed E-state index contributed by atoms with van der Waals surface area (Å²) in [5, 5.41) is 6.30. The van der Waals surface area contributed by atoms with Crippen molar-refractivity contribution in [2.45, 2.75) is 12.1 Å². The molecule has 4 rings (SSSR count). The monoisotopic (exact) mass is 404 g/mol. The summed E-state index contributed by atoms with van der Waals surface area (Å²) in [6, 6.07) is 23.9. The summed E-state index contributed by atoms with van der Waals surface area (Å²) in [6.07, 6.45) is -0.195. The molecule has 0 radical (unpaired) electrons. The summed E-state index contributed by atoms with van der Waals surface area (Å²) >= 11 is 0. The van der Waals surface area contributed by atoms with Crippen molar-refractivity contribution < 1.29 is 19.0 Å². The number of nitrogens with one attached hydrogen (secondary N) is 2. The van der Waals surface area contributed by atoms with Crippen molar-refractivity contribution in [2.75, 3.05) is 25.6 Å². The highest BCUT2D eigenvalue weighted by Crippen LogP contribution is 2.31. The predicted molar refractivity (Wildman–Crippen MR) is 115 cm³/mol. The van der Waals surface area contributed by atoms with E-state index in [0.717, 1.165) is 22.8 Å². The molecule has 0 saturated heterocycles. The van der Waals surface area contributed by atoms with Crippen LogP contribution >= 0.6 is 0 Å². The molecule has 1 heterocycles. The van der Waals surface area contributed by atoms with E-state index in [9.17, 15) is 4.79 Å². The Kier molecular flexibility index (Phi) is 6.15. The second kappa shape index (κ2) is 9.33. The first-order chi connectivity index (χ1) is 14.7. The van der Waals surface area contributed by atoms with E-state index in [1.807, 2.05) is 78.9 Å². The SMILES string of the molecule is COc1ccc(NC(=O)[C@@H](NC[C@@H]2COc3ccccc3O2)c2ccccc2)cc1. The molecule has 0 unspecified atom stereocenters. The van der Waals surface area contributed by atoms with Crippen molar-refractivity contribution >= 4 is 11.6 Å². The number of rotatable bonds is 7. The molecule has 3 aromatic rings. The Morgan fingerprint density at radius 2 is 1.70 bits per heavy atom. The van der Waals surface area contributed by atoms with Gasteiger partial charge in [0.05, 0.1) is 7.11 Å². The van der Waals surface area contributed by atoms with Crippen LogP contribution in [0.1, 0.15) is 11.6 Å². The van der Waals surface area contributed by atoms with Crippen LogP contribution in [0.5, 0.6) is 17.2 Å². The lowest BCUT2D eigenvalue weighted by Gasteiger charge is -2.28. The van der Waals surface area contributed by atoms with Crippen LogP contribution in [0, 0.1) is 0 Å². The maximum Gasteiger partial charge on any atom is 0.246 e. The average Bonchev–Trinajstić information content (AvgIpc) is 2.80. The third-order valence-corrected chi connectivity index (χ3v) is 4.87. The van der Waals surface area contributed by atoms with Gasteiger partial charge in [0.1, 0.15) is 24.5 Å². The summed E-state index contributed by atoms with van der Waals surface area (Å²) in [5.41, 5.74) is 1.58. The van der Waals surface area contributed by atoms with Crippen molar-refractivity contribution in [1.29, 1.82) is 0 Å². The summed E-state index contributed by atoms with van der Waals surface area (Å²) in [7, 11) is 1.61. The van der Waals surface area contributed by atoms with Gasteiger partial charge < -0.3 is 19.5 Å². The Labute approximate surface area is 175 Å². The van der Waals surface area contributed by atoms with Crippen LogP contribution < -0.4 is 24.8 Å². The molecule has 1 aliphatic heterocycles. The molecule has 0 fully saturated rings. The lowest BCUT2D eigenvalue weighted by atomic mass is 10.1. The zero-order valence-electron chi connectivity index (χ0n) is 16.7. The Bertz CT molecular complexity index is 976. The van der Waals surface area contributed by atoms with E-state index in [1.54, 1.807) is 7.11 Å². The van der Waals surface area contributed by atoms with Crippen LogP contribution in [-0.4, -0.2) is 32.3 Å². The van der Waals surface area contributed by atoms with Crippen LogP contribution in [0.25, 0.3) is 0 Å². The fourth-order valence-corrected chi connectivity index (χ4v) is 3.31. The maximum absolute atomic E-state index is 13.1. The third kappa shape index (κ3) is 4.72. The molecule has 1 aliphatic rings. The van der Waals surface area contributed by atoms with E-state index in [0.29, 0.717) is 18.8 Å².